The second kappa shape index (κ2) is 20.0. The van der Waals surface area contributed by atoms with E-state index in [2.05, 4.69) is 19.1 Å². The highest BCUT2D eigenvalue weighted by Crippen LogP contribution is 2.43. The van der Waals surface area contributed by atoms with Crippen molar-refractivity contribution >= 4 is 5.78 Å². The number of carbonyl (C=O) groups is 1. The average molecular weight is 469 g/mol. The highest BCUT2D eigenvalue weighted by Gasteiger charge is 2.44. The van der Waals surface area contributed by atoms with Crippen LogP contribution in [0.4, 0.5) is 0 Å². The summed E-state index contributed by atoms with van der Waals surface area (Å²) >= 11 is 0. The van der Waals surface area contributed by atoms with Gasteiger partial charge in [-0.2, -0.15) is 0 Å². The minimum atomic E-state index is -0.961. The van der Waals surface area contributed by atoms with Crippen molar-refractivity contribution < 1.29 is 20.1 Å². The molecule has 0 amide bonds. The van der Waals surface area contributed by atoms with Crippen LogP contribution in [0.25, 0.3) is 0 Å². The fourth-order valence-corrected chi connectivity index (χ4v) is 4.81. The van der Waals surface area contributed by atoms with Crippen LogP contribution >= 0.6 is 0 Å². The Balaban J connectivity index is 4.71. The van der Waals surface area contributed by atoms with Crippen LogP contribution in [0.1, 0.15) is 110 Å². The topological polar surface area (TPSA) is 130 Å². The Bertz CT molecular complexity index is 550. The van der Waals surface area contributed by atoms with E-state index in [-0.39, 0.29) is 55.8 Å². The molecule has 6 nitrogen and oxygen atoms in total. The molecule has 0 aliphatic heterocycles. The van der Waals surface area contributed by atoms with E-state index in [9.17, 15) is 20.1 Å². The summed E-state index contributed by atoms with van der Waals surface area (Å²) in [6, 6.07) is 0. The van der Waals surface area contributed by atoms with Crippen LogP contribution in [0, 0.1) is 11.3 Å². The highest BCUT2D eigenvalue weighted by molar-refractivity contribution is 6.00. The smallest absolute Gasteiger partial charge is 0.168 e. The summed E-state index contributed by atoms with van der Waals surface area (Å²) in [6.07, 6.45) is 19.5. The van der Waals surface area contributed by atoms with E-state index in [4.69, 9.17) is 11.5 Å². The van der Waals surface area contributed by atoms with Gasteiger partial charge in [0.2, 0.25) is 0 Å². The van der Waals surface area contributed by atoms with Crippen molar-refractivity contribution in [1.82, 2.24) is 0 Å². The van der Waals surface area contributed by atoms with Crippen LogP contribution in [0.3, 0.4) is 0 Å². The summed E-state index contributed by atoms with van der Waals surface area (Å²) in [5.41, 5.74) is 10.7. The molecule has 33 heavy (non-hydrogen) atoms. The summed E-state index contributed by atoms with van der Waals surface area (Å²) in [5.74, 6) is -0.399. The molecule has 0 aliphatic rings. The Morgan fingerprint density at radius 3 is 1.79 bits per heavy atom. The Morgan fingerprint density at radius 1 is 0.788 bits per heavy atom. The average Bonchev–Trinajstić information content (AvgIpc) is 2.80. The van der Waals surface area contributed by atoms with Gasteiger partial charge in [-0.25, -0.2) is 0 Å². The van der Waals surface area contributed by atoms with Crippen molar-refractivity contribution in [3.8, 4) is 0 Å². The van der Waals surface area contributed by atoms with Crippen molar-refractivity contribution in [2.24, 2.45) is 22.8 Å². The third kappa shape index (κ3) is 12.6. The van der Waals surface area contributed by atoms with Crippen LogP contribution in [-0.2, 0) is 4.79 Å². The number of rotatable bonds is 22. The largest absolute Gasteiger partial charge is 0.396 e. The summed E-state index contributed by atoms with van der Waals surface area (Å²) in [5, 5.41) is 29.1. The highest BCUT2D eigenvalue weighted by atomic mass is 16.3. The molecule has 194 valence electrons. The molecule has 0 rings (SSSR count). The maximum atomic E-state index is 13.3. The Morgan fingerprint density at radius 2 is 1.30 bits per heavy atom. The van der Waals surface area contributed by atoms with E-state index in [0.717, 1.165) is 38.5 Å². The van der Waals surface area contributed by atoms with Gasteiger partial charge in [-0.05, 0) is 64.2 Å². The molecule has 0 saturated heterocycles. The third-order valence-electron chi connectivity index (χ3n) is 6.92. The van der Waals surface area contributed by atoms with E-state index in [1.165, 1.54) is 38.5 Å². The number of carbonyl (C=O) groups excluding carboxylic acids is 1. The van der Waals surface area contributed by atoms with Crippen molar-refractivity contribution in [2.45, 2.75) is 110 Å². The predicted molar refractivity (Wildman–Crippen MR) is 137 cm³/mol. The summed E-state index contributed by atoms with van der Waals surface area (Å²) < 4.78 is 0. The summed E-state index contributed by atoms with van der Waals surface area (Å²) in [6.45, 7) is 3.45. The van der Waals surface area contributed by atoms with E-state index in [1.807, 2.05) is 0 Å². The molecule has 6 heteroatoms. The normalized spacial score (nSPS) is 12.9. The van der Waals surface area contributed by atoms with Crippen molar-refractivity contribution in [2.75, 3.05) is 19.8 Å². The molecule has 0 fully saturated rings. The molecule has 0 aromatic rings. The lowest BCUT2D eigenvalue weighted by molar-refractivity contribution is -0.131. The van der Waals surface area contributed by atoms with Gasteiger partial charge in [0, 0.05) is 30.8 Å². The first kappa shape index (κ1) is 31.6. The van der Waals surface area contributed by atoms with E-state index in [1.54, 1.807) is 6.92 Å². The molecule has 1 atom stereocenters. The van der Waals surface area contributed by atoms with Gasteiger partial charge < -0.3 is 26.8 Å². The summed E-state index contributed by atoms with van der Waals surface area (Å²) in [7, 11) is 0. The van der Waals surface area contributed by atoms with Gasteiger partial charge in [-0.1, -0.05) is 64.0 Å². The lowest BCUT2D eigenvalue weighted by atomic mass is 9.63. The minimum Gasteiger partial charge on any atom is -0.396 e. The molecule has 0 saturated carbocycles. The standard InChI is InChI=1S/C27H52N2O4/c1-3-4-5-6-7-8-9-10-11-12-13-14-15-16-24(17-20-30)27(18-21-31,19-22-32)25(33)23(2)26(28)29/h10-11,24,30-32H,3-9,12-22,28-29H2,1-2H3. The molecule has 0 aromatic heterocycles. The molecule has 0 aromatic carbocycles. The Kier molecular flexibility index (Phi) is 19.2. The second-order valence-electron chi connectivity index (χ2n) is 9.39. The van der Waals surface area contributed by atoms with Crippen LogP contribution in [0.5, 0.6) is 0 Å². The zero-order valence-electron chi connectivity index (χ0n) is 21.4. The van der Waals surface area contributed by atoms with Gasteiger partial charge in [-0.15, -0.1) is 0 Å². The number of aliphatic hydroxyl groups excluding tert-OH is 3. The lowest BCUT2D eigenvalue weighted by Crippen LogP contribution is -2.42. The number of nitrogens with two attached hydrogens (primary N) is 2. The van der Waals surface area contributed by atoms with Gasteiger partial charge in [0.05, 0.1) is 5.82 Å². The molecule has 0 aliphatic carbocycles. The Hall–Kier alpha value is -1.37. The number of ketones is 1. The number of hydrogen-bond donors (Lipinski definition) is 5. The molecule has 0 heterocycles. The Labute approximate surface area is 202 Å². The van der Waals surface area contributed by atoms with Crippen molar-refractivity contribution in [1.29, 1.82) is 0 Å². The van der Waals surface area contributed by atoms with Crippen LogP contribution < -0.4 is 11.5 Å². The minimum absolute atomic E-state index is 0.0317. The third-order valence-corrected chi connectivity index (χ3v) is 6.92. The second-order valence-corrected chi connectivity index (χ2v) is 9.39. The molecule has 0 radical (unpaired) electrons. The van der Waals surface area contributed by atoms with Crippen LogP contribution in [0.2, 0.25) is 0 Å². The monoisotopic (exact) mass is 468 g/mol. The van der Waals surface area contributed by atoms with E-state index in [0.29, 0.717) is 6.42 Å². The first-order valence-corrected chi connectivity index (χ1v) is 13.1. The van der Waals surface area contributed by atoms with Gasteiger partial charge in [0.15, 0.2) is 5.78 Å². The first-order chi connectivity index (χ1) is 15.9. The fraction of sp³-hybridized carbons (Fsp3) is 0.815. The molecular formula is C27H52N2O4. The maximum Gasteiger partial charge on any atom is 0.168 e. The molecular weight excluding hydrogens is 416 g/mol. The molecule has 0 bridgehead atoms. The van der Waals surface area contributed by atoms with Crippen molar-refractivity contribution in [3.05, 3.63) is 23.5 Å². The first-order valence-electron chi connectivity index (χ1n) is 13.1. The molecule has 1 unspecified atom stereocenters. The molecule has 7 N–H and O–H groups in total. The van der Waals surface area contributed by atoms with E-state index < -0.39 is 5.41 Å². The predicted octanol–water partition coefficient (Wildman–Crippen LogP) is 4.71. The van der Waals surface area contributed by atoms with E-state index >= 15 is 0 Å². The van der Waals surface area contributed by atoms with Gasteiger partial charge >= 0.3 is 0 Å². The zero-order valence-corrected chi connectivity index (χ0v) is 21.4. The van der Waals surface area contributed by atoms with Gasteiger partial charge in [0.25, 0.3) is 0 Å². The number of Topliss-reactive ketones (excluding diaryl/α,β-unsaturated/α-hetero) is 1. The SMILES string of the molecule is CCCCCCCCC=CCCCCCC(CCO)C(CCO)(CCO)C(=O)C(C)=C(N)N. The maximum absolute atomic E-state index is 13.3. The number of aliphatic hydroxyl groups is 3. The van der Waals surface area contributed by atoms with Crippen LogP contribution in [-0.4, -0.2) is 40.9 Å². The van der Waals surface area contributed by atoms with Crippen LogP contribution in [0.15, 0.2) is 23.5 Å². The quantitative estimate of drug-likeness (QED) is 0.0888. The molecule has 0 spiro atoms. The number of hydrogen-bond acceptors (Lipinski definition) is 6. The summed E-state index contributed by atoms with van der Waals surface area (Å²) in [4.78, 5) is 13.3. The fourth-order valence-electron chi connectivity index (χ4n) is 4.81. The van der Waals surface area contributed by atoms with Gasteiger partial charge in [0.1, 0.15) is 0 Å². The number of allylic oxidation sites excluding steroid dienone is 3. The van der Waals surface area contributed by atoms with Gasteiger partial charge in [-0.3, -0.25) is 4.79 Å². The zero-order chi connectivity index (χ0) is 25.0. The van der Waals surface area contributed by atoms with Crippen molar-refractivity contribution in [3.63, 3.8) is 0 Å². The number of unbranched alkanes of at least 4 members (excludes halogenated alkanes) is 9. The lowest BCUT2D eigenvalue weighted by Gasteiger charge is -2.40.